The van der Waals surface area contributed by atoms with Crippen molar-refractivity contribution in [2.45, 2.75) is 31.0 Å². The second kappa shape index (κ2) is 8.94. The Morgan fingerprint density at radius 3 is 2.63 bits per heavy atom. The zero-order valence-corrected chi connectivity index (χ0v) is 16.4. The van der Waals surface area contributed by atoms with E-state index in [4.69, 9.17) is 16.3 Å². The Kier molecular flexibility index (Phi) is 7.12. The number of benzene rings is 1. The van der Waals surface area contributed by atoms with E-state index < -0.39 is 18.7 Å². The van der Waals surface area contributed by atoms with Crippen LogP contribution < -0.4 is 5.32 Å². The van der Waals surface area contributed by atoms with Crippen LogP contribution in [-0.2, 0) is 24.8 Å². The number of halogens is 4. The highest BCUT2D eigenvalue weighted by Crippen LogP contribution is 2.32. The lowest BCUT2D eigenvalue weighted by molar-refractivity contribution is -0.176. The average Bonchev–Trinajstić information content (AvgIpc) is 2.94. The number of aromatic nitrogens is 3. The number of alkyl halides is 3. The highest BCUT2D eigenvalue weighted by molar-refractivity contribution is 7.98. The topological polar surface area (TPSA) is 69.0 Å². The molecule has 1 N–H and O–H groups in total. The Morgan fingerprint density at radius 2 is 2.07 bits per heavy atom. The molecule has 0 aliphatic heterocycles. The number of anilines is 1. The summed E-state index contributed by atoms with van der Waals surface area (Å²) in [7, 11) is 1.71. The molecular weight excluding hydrogens is 405 g/mol. The van der Waals surface area contributed by atoms with Gasteiger partial charge in [0, 0.05) is 23.9 Å². The average molecular weight is 423 g/mol. The minimum absolute atomic E-state index is 0.0411. The SMILES string of the molecule is CCc1nnc(NC(=O)c2ccc(SC)c(COCC(F)(F)F)c2Cl)n1C. The van der Waals surface area contributed by atoms with Gasteiger partial charge in [-0.15, -0.1) is 22.0 Å². The van der Waals surface area contributed by atoms with E-state index in [9.17, 15) is 18.0 Å². The van der Waals surface area contributed by atoms with Gasteiger partial charge >= 0.3 is 6.18 Å². The lowest BCUT2D eigenvalue weighted by Crippen LogP contribution is -2.18. The number of thioether (sulfide) groups is 1. The van der Waals surface area contributed by atoms with Gasteiger partial charge < -0.3 is 9.30 Å². The van der Waals surface area contributed by atoms with Crippen LogP contribution in [-0.4, -0.2) is 39.7 Å². The first-order valence-electron chi connectivity index (χ1n) is 7.87. The van der Waals surface area contributed by atoms with Crippen LogP contribution in [0.5, 0.6) is 0 Å². The van der Waals surface area contributed by atoms with E-state index in [-0.39, 0.29) is 23.1 Å². The van der Waals surface area contributed by atoms with Crippen LogP contribution in [0.25, 0.3) is 0 Å². The Balaban J connectivity index is 2.24. The second-order valence-electron chi connectivity index (χ2n) is 5.52. The number of hydrogen-bond acceptors (Lipinski definition) is 5. The van der Waals surface area contributed by atoms with Crippen molar-refractivity contribution in [1.82, 2.24) is 14.8 Å². The fourth-order valence-corrected chi connectivity index (χ4v) is 3.29. The molecule has 0 aliphatic carbocycles. The molecule has 2 rings (SSSR count). The minimum atomic E-state index is -4.44. The number of aryl methyl sites for hydroxylation is 1. The van der Waals surface area contributed by atoms with Gasteiger partial charge in [0.2, 0.25) is 5.95 Å². The molecule has 0 unspecified atom stereocenters. The number of rotatable bonds is 7. The molecule has 148 valence electrons. The van der Waals surface area contributed by atoms with Gasteiger partial charge in [0.1, 0.15) is 12.4 Å². The zero-order chi connectivity index (χ0) is 20.2. The van der Waals surface area contributed by atoms with Crippen LogP contribution >= 0.6 is 23.4 Å². The Labute approximate surface area is 163 Å². The number of nitrogens with one attached hydrogen (secondary N) is 1. The third kappa shape index (κ3) is 5.36. The highest BCUT2D eigenvalue weighted by atomic mass is 35.5. The van der Waals surface area contributed by atoms with Crippen molar-refractivity contribution < 1.29 is 22.7 Å². The van der Waals surface area contributed by atoms with Crippen molar-refractivity contribution in [2.75, 3.05) is 18.2 Å². The van der Waals surface area contributed by atoms with E-state index in [1.807, 2.05) is 6.92 Å². The van der Waals surface area contributed by atoms with Crippen LogP contribution in [0.1, 0.15) is 28.7 Å². The quantitative estimate of drug-likeness (QED) is 0.681. The Hall–Kier alpha value is -1.78. The molecule has 0 bridgehead atoms. The maximum Gasteiger partial charge on any atom is 0.411 e. The second-order valence-corrected chi connectivity index (χ2v) is 6.75. The summed E-state index contributed by atoms with van der Waals surface area (Å²) in [5.74, 6) is 0.398. The van der Waals surface area contributed by atoms with Gasteiger partial charge in [-0.2, -0.15) is 13.2 Å². The number of carbonyl (C=O) groups is 1. The summed E-state index contributed by atoms with van der Waals surface area (Å²) in [6.45, 7) is 0.146. The summed E-state index contributed by atoms with van der Waals surface area (Å²) in [5, 5.41) is 10.5. The van der Waals surface area contributed by atoms with Gasteiger partial charge in [-0.3, -0.25) is 10.1 Å². The maximum atomic E-state index is 12.6. The first-order valence-corrected chi connectivity index (χ1v) is 9.47. The number of carbonyl (C=O) groups excluding carboxylic acids is 1. The summed E-state index contributed by atoms with van der Waals surface area (Å²) in [4.78, 5) is 13.2. The normalized spacial score (nSPS) is 11.7. The number of ether oxygens (including phenoxy) is 1. The molecule has 2 aromatic rings. The predicted molar refractivity (Wildman–Crippen MR) is 97.3 cm³/mol. The third-order valence-electron chi connectivity index (χ3n) is 3.68. The largest absolute Gasteiger partial charge is 0.411 e. The summed E-state index contributed by atoms with van der Waals surface area (Å²) >= 11 is 7.59. The fraction of sp³-hybridized carbons (Fsp3) is 0.438. The van der Waals surface area contributed by atoms with Gasteiger partial charge in [0.15, 0.2) is 0 Å². The Bertz CT molecular complexity index is 827. The fourth-order valence-electron chi connectivity index (χ4n) is 2.32. The number of hydrogen-bond donors (Lipinski definition) is 1. The standard InChI is InChI=1S/C16H18ClF3N4O2S/c1-4-12-22-23-15(24(12)2)21-14(25)9-5-6-11(27-3)10(13(9)17)7-26-8-16(18,19)20/h5-6H,4,7-8H2,1-3H3,(H,21,23,25). The molecule has 0 atom stereocenters. The third-order valence-corrected chi connectivity index (χ3v) is 4.94. The van der Waals surface area contributed by atoms with Crippen molar-refractivity contribution in [3.05, 3.63) is 34.1 Å². The monoisotopic (exact) mass is 422 g/mol. The first kappa shape index (κ1) is 21.5. The molecule has 11 heteroatoms. The number of amides is 1. The van der Waals surface area contributed by atoms with E-state index in [1.165, 1.54) is 17.8 Å². The smallest absolute Gasteiger partial charge is 0.367 e. The lowest BCUT2D eigenvalue weighted by atomic mass is 10.1. The van der Waals surface area contributed by atoms with E-state index >= 15 is 0 Å². The van der Waals surface area contributed by atoms with Crippen molar-refractivity contribution in [3.63, 3.8) is 0 Å². The molecule has 0 saturated carbocycles. The summed E-state index contributed by atoms with van der Waals surface area (Å²) < 4.78 is 43.3. The molecule has 6 nitrogen and oxygen atoms in total. The van der Waals surface area contributed by atoms with Crippen LogP contribution in [0.2, 0.25) is 5.02 Å². The number of nitrogens with zero attached hydrogens (tertiary/aromatic N) is 3. The van der Waals surface area contributed by atoms with E-state index in [1.54, 1.807) is 23.9 Å². The maximum absolute atomic E-state index is 12.6. The minimum Gasteiger partial charge on any atom is -0.367 e. The van der Waals surface area contributed by atoms with Crippen molar-refractivity contribution in [3.8, 4) is 0 Å². The molecule has 0 saturated heterocycles. The van der Waals surface area contributed by atoms with Crippen LogP contribution in [0.15, 0.2) is 17.0 Å². The summed E-state index contributed by atoms with van der Waals surface area (Å²) in [6, 6.07) is 3.12. The van der Waals surface area contributed by atoms with Crippen molar-refractivity contribution >= 4 is 35.2 Å². The van der Waals surface area contributed by atoms with Gasteiger partial charge in [-0.25, -0.2) is 0 Å². The van der Waals surface area contributed by atoms with Gasteiger partial charge in [0.25, 0.3) is 5.91 Å². The summed E-state index contributed by atoms with van der Waals surface area (Å²) in [5.41, 5.74) is 0.439. The van der Waals surface area contributed by atoms with Crippen LogP contribution in [0, 0.1) is 0 Å². The molecule has 27 heavy (non-hydrogen) atoms. The van der Waals surface area contributed by atoms with Crippen LogP contribution in [0.4, 0.5) is 19.1 Å². The highest BCUT2D eigenvalue weighted by Gasteiger charge is 2.28. The van der Waals surface area contributed by atoms with E-state index in [2.05, 4.69) is 15.5 Å². The zero-order valence-electron chi connectivity index (χ0n) is 14.9. The molecule has 0 radical (unpaired) electrons. The molecule has 0 aliphatic rings. The molecule has 0 spiro atoms. The molecule has 1 aromatic heterocycles. The molecule has 1 amide bonds. The van der Waals surface area contributed by atoms with Crippen molar-refractivity contribution in [2.24, 2.45) is 7.05 Å². The summed E-state index contributed by atoms with van der Waals surface area (Å²) in [6.07, 6.45) is -2.04. The van der Waals surface area contributed by atoms with Crippen molar-refractivity contribution in [1.29, 1.82) is 0 Å². The molecule has 0 fully saturated rings. The molecule has 1 aromatic carbocycles. The Morgan fingerprint density at radius 1 is 1.37 bits per heavy atom. The van der Waals surface area contributed by atoms with Crippen LogP contribution in [0.3, 0.4) is 0 Å². The van der Waals surface area contributed by atoms with Gasteiger partial charge in [-0.1, -0.05) is 18.5 Å². The van der Waals surface area contributed by atoms with E-state index in [0.717, 1.165) is 0 Å². The van der Waals surface area contributed by atoms with E-state index in [0.29, 0.717) is 22.7 Å². The van der Waals surface area contributed by atoms with Gasteiger partial charge in [0.05, 0.1) is 17.2 Å². The molecular formula is C16H18ClF3N4O2S. The first-order chi connectivity index (χ1) is 12.7. The molecule has 1 heterocycles. The predicted octanol–water partition coefficient (Wildman–Crippen LogP) is 4.08. The van der Waals surface area contributed by atoms with Gasteiger partial charge in [-0.05, 0) is 18.4 Å². The lowest BCUT2D eigenvalue weighted by Gasteiger charge is -2.15.